The number of aromatic nitrogens is 3. The van der Waals surface area contributed by atoms with Crippen molar-refractivity contribution in [2.45, 2.75) is 6.18 Å². The molecule has 0 aliphatic heterocycles. The third-order valence-electron chi connectivity index (χ3n) is 4.36. The van der Waals surface area contributed by atoms with Gasteiger partial charge in [-0.2, -0.15) is 18.4 Å². The van der Waals surface area contributed by atoms with Gasteiger partial charge in [-0.3, -0.25) is 0 Å². The van der Waals surface area contributed by atoms with Crippen molar-refractivity contribution < 1.29 is 22.6 Å². The molecule has 33 heavy (non-hydrogen) atoms. The molecule has 2 aromatic carbocycles. The number of nitrogens with zero attached hydrogens (tertiary/aromatic N) is 4. The Bertz CT molecular complexity index is 1300. The summed E-state index contributed by atoms with van der Waals surface area (Å²) in [5.41, 5.74) is 0.838. The number of benzene rings is 2. The number of halogens is 3. The van der Waals surface area contributed by atoms with E-state index < -0.39 is 11.7 Å². The molecular weight excluding hydrogens is 455 g/mol. The van der Waals surface area contributed by atoms with Crippen LogP contribution in [0.3, 0.4) is 0 Å². The summed E-state index contributed by atoms with van der Waals surface area (Å²) in [5.74, 6) is -0.167. The van der Waals surface area contributed by atoms with E-state index in [0.717, 1.165) is 6.07 Å². The van der Waals surface area contributed by atoms with Gasteiger partial charge in [-0.25, -0.2) is 15.0 Å². The molecule has 1 N–H and O–H groups in total. The Hall–Kier alpha value is -4.17. The lowest BCUT2D eigenvalue weighted by atomic mass is 10.1. The van der Waals surface area contributed by atoms with Gasteiger partial charge < -0.3 is 14.8 Å². The first-order valence-corrected chi connectivity index (χ1v) is 10.2. The maximum Gasteiger partial charge on any atom is 0.420 e. The smallest absolute Gasteiger partial charge is 0.420 e. The van der Waals surface area contributed by atoms with Gasteiger partial charge in [-0.1, -0.05) is 0 Å². The molecule has 4 aromatic rings. The number of nitrogens with one attached hydrogen (secondary N) is 1. The third-order valence-corrected chi connectivity index (χ3v) is 5.12. The number of ether oxygens (including phenoxy) is 2. The summed E-state index contributed by atoms with van der Waals surface area (Å²) in [6.07, 6.45) is -1.56. The molecule has 7 nitrogen and oxygen atoms in total. The predicted molar refractivity (Wildman–Crippen MR) is 116 cm³/mol. The van der Waals surface area contributed by atoms with Gasteiger partial charge in [0.1, 0.15) is 17.1 Å². The molecule has 0 amide bonds. The number of alkyl halides is 3. The molecule has 0 fully saturated rings. The largest absolute Gasteiger partial charge is 0.467 e. The number of anilines is 2. The zero-order valence-corrected chi connectivity index (χ0v) is 17.7. The highest BCUT2D eigenvalue weighted by atomic mass is 32.1. The van der Waals surface area contributed by atoms with E-state index in [1.165, 1.54) is 54.8 Å². The summed E-state index contributed by atoms with van der Waals surface area (Å²) in [7, 11) is 1.45. The number of rotatable bonds is 6. The molecule has 0 saturated heterocycles. The van der Waals surface area contributed by atoms with Crippen molar-refractivity contribution in [3.05, 3.63) is 71.4 Å². The standard InChI is InChI=1S/C22H14F3N5O2S/c1-31-20-27-10-14(11-28-20)18-12-33-21(30-18)29-15-4-7-19(17(8-15)22(23,24)25)32-16-5-2-13(9-26)3-6-16/h2-8,10-12H,1H3,(H,29,30). The van der Waals surface area contributed by atoms with Gasteiger partial charge in [-0.15, -0.1) is 11.3 Å². The van der Waals surface area contributed by atoms with Crippen molar-refractivity contribution in [3.63, 3.8) is 0 Å². The van der Waals surface area contributed by atoms with Crippen LogP contribution in [0.25, 0.3) is 11.3 Å². The van der Waals surface area contributed by atoms with Crippen molar-refractivity contribution in [1.82, 2.24) is 15.0 Å². The van der Waals surface area contributed by atoms with E-state index in [9.17, 15) is 13.2 Å². The van der Waals surface area contributed by atoms with Crippen LogP contribution in [0.15, 0.2) is 60.2 Å². The quantitative estimate of drug-likeness (QED) is 0.368. The van der Waals surface area contributed by atoms with E-state index in [4.69, 9.17) is 14.7 Å². The monoisotopic (exact) mass is 469 g/mol. The maximum atomic E-state index is 13.7. The Morgan fingerprint density at radius 2 is 1.79 bits per heavy atom. The second kappa shape index (κ2) is 9.13. The van der Waals surface area contributed by atoms with Crippen molar-refractivity contribution in [2.75, 3.05) is 12.4 Å². The van der Waals surface area contributed by atoms with E-state index in [1.54, 1.807) is 17.8 Å². The topological polar surface area (TPSA) is 92.9 Å². The molecule has 11 heteroatoms. The molecule has 0 spiro atoms. The van der Waals surface area contributed by atoms with Crippen LogP contribution >= 0.6 is 11.3 Å². The number of hydrogen-bond acceptors (Lipinski definition) is 8. The summed E-state index contributed by atoms with van der Waals surface area (Å²) in [6.45, 7) is 0. The normalized spacial score (nSPS) is 11.0. The maximum absolute atomic E-state index is 13.7. The average molecular weight is 469 g/mol. The van der Waals surface area contributed by atoms with Crippen molar-refractivity contribution in [2.24, 2.45) is 0 Å². The second-order valence-corrected chi connectivity index (χ2v) is 7.43. The van der Waals surface area contributed by atoms with Crippen LogP contribution in [0.2, 0.25) is 0 Å². The van der Waals surface area contributed by atoms with Gasteiger partial charge in [0.15, 0.2) is 5.13 Å². The molecule has 0 radical (unpaired) electrons. The summed E-state index contributed by atoms with van der Waals surface area (Å²) in [4.78, 5) is 12.4. The van der Waals surface area contributed by atoms with Crippen LogP contribution in [0.5, 0.6) is 17.5 Å². The predicted octanol–water partition coefficient (Wildman–Crippen LogP) is 6.04. The van der Waals surface area contributed by atoms with E-state index in [0.29, 0.717) is 22.0 Å². The second-order valence-electron chi connectivity index (χ2n) is 6.57. The number of methoxy groups -OCH3 is 1. The molecule has 0 aliphatic rings. The lowest BCUT2D eigenvalue weighted by Gasteiger charge is -2.15. The molecule has 0 bridgehead atoms. The van der Waals surface area contributed by atoms with Crippen LogP contribution in [0.4, 0.5) is 24.0 Å². The average Bonchev–Trinajstić information content (AvgIpc) is 3.28. The van der Waals surface area contributed by atoms with Crippen LogP contribution in [0, 0.1) is 11.3 Å². The fraction of sp³-hybridized carbons (Fsp3) is 0.0909. The SMILES string of the molecule is COc1ncc(-c2csc(Nc3ccc(Oc4ccc(C#N)cc4)c(C(F)(F)F)c3)n2)cn1. The molecule has 0 aliphatic carbocycles. The highest BCUT2D eigenvalue weighted by molar-refractivity contribution is 7.14. The molecule has 4 rings (SSSR count). The van der Waals surface area contributed by atoms with Gasteiger partial charge in [0.05, 0.1) is 24.4 Å². The minimum Gasteiger partial charge on any atom is -0.467 e. The van der Waals surface area contributed by atoms with E-state index >= 15 is 0 Å². The van der Waals surface area contributed by atoms with Crippen molar-refractivity contribution in [1.29, 1.82) is 5.26 Å². The van der Waals surface area contributed by atoms with E-state index in [2.05, 4.69) is 20.3 Å². The van der Waals surface area contributed by atoms with Gasteiger partial charge in [0.25, 0.3) is 0 Å². The van der Waals surface area contributed by atoms with Crippen LogP contribution < -0.4 is 14.8 Å². The zero-order chi connectivity index (χ0) is 23.4. The molecule has 0 saturated carbocycles. The fourth-order valence-corrected chi connectivity index (χ4v) is 3.52. The van der Waals surface area contributed by atoms with Gasteiger partial charge in [0.2, 0.25) is 0 Å². The van der Waals surface area contributed by atoms with Gasteiger partial charge in [0, 0.05) is 29.0 Å². The number of nitriles is 1. The number of hydrogen-bond donors (Lipinski definition) is 1. The first-order valence-electron chi connectivity index (χ1n) is 9.34. The summed E-state index contributed by atoms with van der Waals surface area (Å²) in [5, 5.41) is 13.9. The summed E-state index contributed by atoms with van der Waals surface area (Å²) in [6, 6.07) is 11.6. The third kappa shape index (κ3) is 5.19. The molecule has 166 valence electrons. The Labute approximate surface area is 190 Å². The highest BCUT2D eigenvalue weighted by Gasteiger charge is 2.35. The van der Waals surface area contributed by atoms with E-state index in [-0.39, 0.29) is 23.2 Å². The Balaban J connectivity index is 1.56. The van der Waals surface area contributed by atoms with E-state index in [1.807, 2.05) is 6.07 Å². The Morgan fingerprint density at radius 1 is 1.06 bits per heavy atom. The van der Waals surface area contributed by atoms with Crippen LogP contribution in [-0.2, 0) is 6.18 Å². The van der Waals surface area contributed by atoms with Crippen LogP contribution in [-0.4, -0.2) is 22.1 Å². The highest BCUT2D eigenvalue weighted by Crippen LogP contribution is 2.40. The molecule has 0 atom stereocenters. The van der Waals surface area contributed by atoms with Crippen molar-refractivity contribution >= 4 is 22.2 Å². The van der Waals surface area contributed by atoms with Crippen molar-refractivity contribution in [3.8, 4) is 34.8 Å². The molecule has 2 aromatic heterocycles. The first-order chi connectivity index (χ1) is 15.9. The summed E-state index contributed by atoms with van der Waals surface area (Å²) >= 11 is 1.22. The zero-order valence-electron chi connectivity index (χ0n) is 16.9. The molecule has 0 unspecified atom stereocenters. The summed E-state index contributed by atoms with van der Waals surface area (Å²) < 4.78 is 51.4. The fourth-order valence-electron chi connectivity index (χ4n) is 2.78. The Kier molecular flexibility index (Phi) is 6.10. The lowest BCUT2D eigenvalue weighted by Crippen LogP contribution is -2.08. The van der Waals surface area contributed by atoms with Gasteiger partial charge in [-0.05, 0) is 42.5 Å². The molecular formula is C22H14F3N5O2S. The number of thiazole rings is 1. The first kappa shape index (κ1) is 22.0. The van der Waals surface area contributed by atoms with Gasteiger partial charge >= 0.3 is 12.2 Å². The minimum atomic E-state index is -4.64. The minimum absolute atomic E-state index is 0.187. The molecule has 2 heterocycles. The van der Waals surface area contributed by atoms with Crippen LogP contribution in [0.1, 0.15) is 11.1 Å². The lowest BCUT2D eigenvalue weighted by molar-refractivity contribution is -0.138. The Morgan fingerprint density at radius 3 is 2.42 bits per heavy atom.